The van der Waals surface area contributed by atoms with Gasteiger partial charge in [0.15, 0.2) is 11.6 Å². The monoisotopic (exact) mass is 329 g/mol. The van der Waals surface area contributed by atoms with Gasteiger partial charge in [-0.15, -0.1) is 37.2 Å². The molecule has 19 heavy (non-hydrogen) atoms. The Morgan fingerprint density at radius 3 is 2.63 bits per heavy atom. The second kappa shape index (κ2) is 11.4. The number of hydrogen-bond donors (Lipinski definition) is 2. The molecule has 4 nitrogen and oxygen atoms in total. The Bertz CT molecular complexity index is 336. The first-order valence-corrected chi connectivity index (χ1v) is 5.83. The van der Waals surface area contributed by atoms with Gasteiger partial charge in [-0.3, -0.25) is 0 Å². The summed E-state index contributed by atoms with van der Waals surface area (Å²) in [5, 5.41) is 6.74. The molecule has 0 unspecified atom stereocenters. The maximum atomic E-state index is 5.25. The predicted molar refractivity (Wildman–Crippen MR) is 86.6 cm³/mol. The quantitative estimate of drug-likeness (QED) is 0.891. The first kappa shape index (κ1) is 20.9. The van der Waals surface area contributed by atoms with E-state index in [0.717, 1.165) is 37.1 Å². The third kappa shape index (κ3) is 6.52. The lowest BCUT2D eigenvalue weighted by Crippen LogP contribution is -2.31. The van der Waals surface area contributed by atoms with Gasteiger partial charge >= 0.3 is 0 Å². The van der Waals surface area contributed by atoms with Crippen LogP contribution in [0.25, 0.3) is 0 Å². The fourth-order valence-electron chi connectivity index (χ4n) is 2.01. The smallest absolute Gasteiger partial charge is 0.168 e. The van der Waals surface area contributed by atoms with Crippen LogP contribution in [0.4, 0.5) is 5.82 Å². The Hall–Kier alpha value is -0.420. The number of pyridine rings is 1. The summed E-state index contributed by atoms with van der Waals surface area (Å²) in [4.78, 5) is 4.28. The van der Waals surface area contributed by atoms with Crippen molar-refractivity contribution in [2.24, 2.45) is 5.92 Å². The average molecular weight is 331 g/mol. The number of anilines is 1. The molecule has 112 valence electrons. The largest absolute Gasteiger partial charge is 0.493 e. The van der Waals surface area contributed by atoms with Gasteiger partial charge < -0.3 is 15.4 Å². The molecule has 0 amide bonds. The van der Waals surface area contributed by atoms with Crippen molar-refractivity contribution in [2.45, 2.75) is 12.8 Å². The van der Waals surface area contributed by atoms with Crippen LogP contribution in [0.3, 0.4) is 0 Å². The Morgan fingerprint density at radius 1 is 1.32 bits per heavy atom. The van der Waals surface area contributed by atoms with Crippen molar-refractivity contribution in [3.8, 4) is 5.75 Å². The molecule has 1 fully saturated rings. The Balaban J connectivity index is 0. The number of nitrogens with zero attached hydrogens (tertiary/aromatic N) is 1. The number of hydrogen-bond acceptors (Lipinski definition) is 4. The average Bonchev–Trinajstić information content (AvgIpc) is 2.38. The zero-order chi connectivity index (χ0) is 11.2. The summed E-state index contributed by atoms with van der Waals surface area (Å²) in [5.74, 6) is 2.41. The molecule has 1 aliphatic heterocycles. The molecular weight excluding hydrogens is 309 g/mol. The molecule has 1 aromatic heterocycles. The van der Waals surface area contributed by atoms with Gasteiger partial charge in [0.05, 0.1) is 7.11 Å². The molecule has 1 aromatic rings. The lowest BCUT2D eigenvalue weighted by Gasteiger charge is -2.23. The van der Waals surface area contributed by atoms with Crippen LogP contribution in [0, 0.1) is 5.92 Å². The highest BCUT2D eigenvalue weighted by molar-refractivity contribution is 5.86. The Kier molecular flexibility index (Phi) is 12.5. The topological polar surface area (TPSA) is 46.2 Å². The van der Waals surface area contributed by atoms with E-state index >= 15 is 0 Å². The second-order valence-corrected chi connectivity index (χ2v) is 4.13. The summed E-state index contributed by atoms with van der Waals surface area (Å²) in [6, 6.07) is 3.81. The summed E-state index contributed by atoms with van der Waals surface area (Å²) in [6.45, 7) is 3.24. The van der Waals surface area contributed by atoms with Gasteiger partial charge in [-0.2, -0.15) is 0 Å². The van der Waals surface area contributed by atoms with Crippen LogP contribution in [0.2, 0.25) is 0 Å². The summed E-state index contributed by atoms with van der Waals surface area (Å²) in [7, 11) is 1.67. The van der Waals surface area contributed by atoms with Crippen molar-refractivity contribution in [3.05, 3.63) is 18.3 Å². The van der Waals surface area contributed by atoms with Gasteiger partial charge in [0, 0.05) is 12.7 Å². The molecule has 1 saturated heterocycles. The van der Waals surface area contributed by atoms with Crippen LogP contribution in [-0.2, 0) is 0 Å². The van der Waals surface area contributed by atoms with Gasteiger partial charge in [0.1, 0.15) is 0 Å². The lowest BCUT2D eigenvalue weighted by atomic mass is 9.98. The zero-order valence-electron chi connectivity index (χ0n) is 10.9. The molecule has 2 N–H and O–H groups in total. The maximum absolute atomic E-state index is 5.25. The minimum absolute atomic E-state index is 0. The minimum atomic E-state index is 0. The van der Waals surface area contributed by atoms with E-state index in [9.17, 15) is 0 Å². The second-order valence-electron chi connectivity index (χ2n) is 4.13. The number of ether oxygens (including phenoxy) is 1. The van der Waals surface area contributed by atoms with Crippen LogP contribution in [0.15, 0.2) is 18.3 Å². The lowest BCUT2D eigenvalue weighted by molar-refractivity contribution is 0.387. The normalized spacial score (nSPS) is 14.4. The molecule has 0 radical (unpaired) electrons. The number of aromatic nitrogens is 1. The van der Waals surface area contributed by atoms with Gasteiger partial charge in [-0.25, -0.2) is 4.98 Å². The molecule has 7 heteroatoms. The van der Waals surface area contributed by atoms with Crippen LogP contribution >= 0.6 is 37.2 Å². The number of piperidine rings is 1. The molecule has 2 heterocycles. The molecule has 0 aromatic carbocycles. The highest BCUT2D eigenvalue weighted by Gasteiger charge is 2.13. The molecule has 0 aliphatic carbocycles. The Morgan fingerprint density at radius 2 is 2.00 bits per heavy atom. The van der Waals surface area contributed by atoms with E-state index in [2.05, 4.69) is 15.6 Å². The molecular formula is C12H22Cl3N3O. The van der Waals surface area contributed by atoms with Crippen LogP contribution in [-0.4, -0.2) is 31.7 Å². The van der Waals surface area contributed by atoms with E-state index in [4.69, 9.17) is 4.74 Å². The standard InChI is InChI=1S/C12H19N3O.3ClH/c1-16-11-3-2-6-14-12(11)15-9-10-4-7-13-8-5-10;;;/h2-3,6,10,13H,4-5,7-9H2,1H3,(H,14,15);3*1H. The van der Waals surface area contributed by atoms with Crippen molar-refractivity contribution in [2.75, 3.05) is 32.1 Å². The fourth-order valence-corrected chi connectivity index (χ4v) is 2.01. The first-order valence-electron chi connectivity index (χ1n) is 5.83. The minimum Gasteiger partial charge on any atom is -0.493 e. The van der Waals surface area contributed by atoms with Gasteiger partial charge in [-0.1, -0.05) is 0 Å². The SMILES string of the molecule is COc1cccnc1NCC1CCNCC1.Cl.Cl.Cl. The number of nitrogens with one attached hydrogen (secondary N) is 2. The van der Waals surface area contributed by atoms with E-state index in [-0.39, 0.29) is 37.2 Å². The molecule has 0 atom stereocenters. The maximum Gasteiger partial charge on any atom is 0.168 e. The van der Waals surface area contributed by atoms with Crippen LogP contribution in [0.1, 0.15) is 12.8 Å². The Labute approximate surface area is 133 Å². The molecule has 0 saturated carbocycles. The molecule has 2 rings (SSSR count). The van der Waals surface area contributed by atoms with E-state index in [1.165, 1.54) is 12.8 Å². The van der Waals surface area contributed by atoms with Crippen molar-refractivity contribution < 1.29 is 4.74 Å². The summed E-state index contributed by atoms with van der Waals surface area (Å²) in [6.07, 6.45) is 4.26. The van der Waals surface area contributed by atoms with Crippen molar-refractivity contribution in [1.29, 1.82) is 0 Å². The highest BCUT2D eigenvalue weighted by Crippen LogP contribution is 2.21. The van der Waals surface area contributed by atoms with Crippen LogP contribution in [0.5, 0.6) is 5.75 Å². The third-order valence-corrected chi connectivity index (χ3v) is 3.01. The van der Waals surface area contributed by atoms with Crippen molar-refractivity contribution >= 4 is 43.0 Å². The zero-order valence-corrected chi connectivity index (χ0v) is 13.4. The third-order valence-electron chi connectivity index (χ3n) is 3.01. The van der Waals surface area contributed by atoms with Gasteiger partial charge in [-0.05, 0) is 44.0 Å². The van der Waals surface area contributed by atoms with E-state index in [0.29, 0.717) is 0 Å². The van der Waals surface area contributed by atoms with E-state index in [1.807, 2.05) is 12.1 Å². The van der Waals surface area contributed by atoms with E-state index in [1.54, 1.807) is 13.3 Å². The number of halogens is 3. The summed E-state index contributed by atoms with van der Waals surface area (Å²) < 4.78 is 5.25. The predicted octanol–water partition coefficient (Wildman–Crippen LogP) is 2.77. The van der Waals surface area contributed by atoms with Crippen molar-refractivity contribution in [3.63, 3.8) is 0 Å². The highest BCUT2D eigenvalue weighted by atomic mass is 35.5. The first-order chi connectivity index (χ1) is 7.90. The molecule has 1 aliphatic rings. The molecule has 0 spiro atoms. The van der Waals surface area contributed by atoms with Crippen LogP contribution < -0.4 is 15.4 Å². The number of methoxy groups -OCH3 is 1. The fraction of sp³-hybridized carbons (Fsp3) is 0.583. The van der Waals surface area contributed by atoms with Crippen molar-refractivity contribution in [1.82, 2.24) is 10.3 Å². The molecule has 0 bridgehead atoms. The van der Waals surface area contributed by atoms with Gasteiger partial charge in [0.25, 0.3) is 0 Å². The summed E-state index contributed by atoms with van der Waals surface area (Å²) >= 11 is 0. The van der Waals surface area contributed by atoms with Gasteiger partial charge in [0.2, 0.25) is 0 Å². The number of rotatable bonds is 4. The summed E-state index contributed by atoms with van der Waals surface area (Å²) in [5.41, 5.74) is 0. The van der Waals surface area contributed by atoms with E-state index < -0.39 is 0 Å².